The Kier molecular flexibility index (Phi) is 3.81. The largest absolute Gasteiger partial charge is 0.545 e. The van der Waals surface area contributed by atoms with Crippen LogP contribution in [0.5, 0.6) is 0 Å². The molecule has 0 radical (unpaired) electrons. The van der Waals surface area contributed by atoms with Crippen LogP contribution in [0.3, 0.4) is 0 Å². The van der Waals surface area contributed by atoms with Crippen molar-refractivity contribution in [2.75, 3.05) is 5.32 Å². The lowest BCUT2D eigenvalue weighted by Crippen LogP contribution is -2.48. The van der Waals surface area contributed by atoms with Crippen molar-refractivity contribution in [3.63, 3.8) is 0 Å². The standard InChI is InChI=1S/C18H15NO5/c1-18(10-12-4-2-3-5-14(12)16(22)24-18)17(23)19-13-8-6-11(7-9-13)15(20)21/h2-9H,10H2,1H3,(H,19,23)(H,20,21)/p-1/t18-/m0/s1. The van der Waals surface area contributed by atoms with E-state index in [4.69, 9.17) is 4.74 Å². The third-order valence-electron chi connectivity index (χ3n) is 3.94. The minimum atomic E-state index is -1.33. The van der Waals surface area contributed by atoms with Gasteiger partial charge in [-0.05, 0) is 36.2 Å². The van der Waals surface area contributed by atoms with Crippen LogP contribution in [0.4, 0.5) is 5.69 Å². The van der Waals surface area contributed by atoms with E-state index < -0.39 is 23.4 Å². The number of fused-ring (bicyclic) bond motifs is 1. The maximum atomic E-state index is 12.5. The van der Waals surface area contributed by atoms with Crippen molar-refractivity contribution in [2.45, 2.75) is 18.9 Å². The lowest BCUT2D eigenvalue weighted by molar-refractivity contribution is -0.255. The van der Waals surface area contributed by atoms with E-state index in [9.17, 15) is 19.5 Å². The van der Waals surface area contributed by atoms with E-state index in [-0.39, 0.29) is 12.0 Å². The molecule has 2 aromatic carbocycles. The molecule has 3 rings (SSSR count). The first-order valence-corrected chi connectivity index (χ1v) is 7.33. The molecular formula is C18H14NO5-. The summed E-state index contributed by atoms with van der Waals surface area (Å²) < 4.78 is 5.34. The Bertz CT molecular complexity index is 828. The second kappa shape index (κ2) is 5.81. The molecule has 0 saturated heterocycles. The Balaban J connectivity index is 1.80. The number of amides is 1. The van der Waals surface area contributed by atoms with Gasteiger partial charge in [-0.3, -0.25) is 4.79 Å². The van der Waals surface area contributed by atoms with E-state index in [0.717, 1.165) is 5.56 Å². The van der Waals surface area contributed by atoms with Crippen molar-refractivity contribution < 1.29 is 24.2 Å². The molecule has 6 heteroatoms. The predicted molar refractivity (Wildman–Crippen MR) is 83.4 cm³/mol. The van der Waals surface area contributed by atoms with Gasteiger partial charge in [0.25, 0.3) is 5.91 Å². The highest BCUT2D eigenvalue weighted by atomic mass is 16.6. The molecule has 1 aliphatic rings. The molecule has 1 heterocycles. The molecule has 1 amide bonds. The number of hydrogen-bond donors (Lipinski definition) is 1. The molecule has 1 N–H and O–H groups in total. The number of carbonyl (C=O) groups excluding carboxylic acids is 3. The highest BCUT2D eigenvalue weighted by molar-refractivity contribution is 6.02. The highest BCUT2D eigenvalue weighted by Crippen LogP contribution is 2.29. The monoisotopic (exact) mass is 324 g/mol. The molecular weight excluding hydrogens is 310 g/mol. The fraction of sp³-hybridized carbons (Fsp3) is 0.167. The van der Waals surface area contributed by atoms with Gasteiger partial charge in [-0.1, -0.05) is 30.3 Å². The van der Waals surface area contributed by atoms with Crippen LogP contribution in [0, 0.1) is 0 Å². The summed E-state index contributed by atoms with van der Waals surface area (Å²) >= 11 is 0. The van der Waals surface area contributed by atoms with Crippen molar-refractivity contribution in [3.8, 4) is 0 Å². The van der Waals surface area contributed by atoms with E-state index >= 15 is 0 Å². The Morgan fingerprint density at radius 3 is 2.46 bits per heavy atom. The zero-order valence-corrected chi connectivity index (χ0v) is 12.9. The summed E-state index contributed by atoms with van der Waals surface area (Å²) in [6.45, 7) is 1.55. The lowest BCUT2D eigenvalue weighted by atomic mass is 9.89. The summed E-state index contributed by atoms with van der Waals surface area (Å²) in [5.41, 5.74) is 0.288. The van der Waals surface area contributed by atoms with Crippen LogP contribution in [0.2, 0.25) is 0 Å². The van der Waals surface area contributed by atoms with Crippen LogP contribution in [0.1, 0.15) is 33.2 Å². The number of esters is 1. The number of carbonyl (C=O) groups is 3. The first-order chi connectivity index (χ1) is 11.4. The number of rotatable bonds is 3. The number of cyclic esters (lactones) is 1. The predicted octanol–water partition coefficient (Wildman–Crippen LogP) is 1.16. The van der Waals surface area contributed by atoms with Crippen LogP contribution in [-0.2, 0) is 16.0 Å². The Labute approximate surface area is 138 Å². The smallest absolute Gasteiger partial charge is 0.339 e. The molecule has 2 aromatic rings. The number of carboxylic acids is 1. The van der Waals surface area contributed by atoms with Gasteiger partial charge in [0.15, 0.2) is 5.60 Å². The van der Waals surface area contributed by atoms with Gasteiger partial charge in [0.1, 0.15) is 0 Å². The number of hydrogen-bond acceptors (Lipinski definition) is 5. The molecule has 6 nitrogen and oxygen atoms in total. The van der Waals surface area contributed by atoms with E-state index in [1.807, 2.05) is 0 Å². The molecule has 0 unspecified atom stereocenters. The zero-order valence-electron chi connectivity index (χ0n) is 12.9. The summed E-state index contributed by atoms with van der Waals surface area (Å²) in [4.78, 5) is 35.4. The molecule has 1 aliphatic heterocycles. The normalized spacial score (nSPS) is 19.1. The molecule has 0 saturated carbocycles. The number of aromatic carboxylic acids is 1. The van der Waals surface area contributed by atoms with Crippen LogP contribution in [0.25, 0.3) is 0 Å². The van der Waals surface area contributed by atoms with Crippen molar-refractivity contribution in [2.24, 2.45) is 0 Å². The van der Waals surface area contributed by atoms with Crippen LogP contribution >= 0.6 is 0 Å². The van der Waals surface area contributed by atoms with Gasteiger partial charge < -0.3 is 20.0 Å². The summed E-state index contributed by atoms with van der Waals surface area (Å²) in [6.07, 6.45) is 0.262. The van der Waals surface area contributed by atoms with Gasteiger partial charge in [-0.25, -0.2) is 4.79 Å². The first kappa shape index (κ1) is 15.7. The lowest BCUT2D eigenvalue weighted by Gasteiger charge is -2.33. The van der Waals surface area contributed by atoms with E-state index in [1.54, 1.807) is 31.2 Å². The maximum absolute atomic E-state index is 12.5. The fourth-order valence-corrected chi connectivity index (χ4v) is 2.61. The first-order valence-electron chi connectivity index (χ1n) is 7.33. The van der Waals surface area contributed by atoms with Crippen molar-refractivity contribution in [1.82, 2.24) is 0 Å². The van der Waals surface area contributed by atoms with E-state index in [2.05, 4.69) is 5.32 Å². The SMILES string of the molecule is C[C@@]1(C(=O)Nc2ccc(C(=O)[O-])cc2)Cc2ccccc2C(=O)O1. The zero-order chi connectivity index (χ0) is 17.3. The molecule has 0 fully saturated rings. The fourth-order valence-electron chi connectivity index (χ4n) is 2.61. The topological polar surface area (TPSA) is 95.5 Å². The second-order valence-electron chi connectivity index (χ2n) is 5.77. The summed E-state index contributed by atoms with van der Waals surface area (Å²) in [6, 6.07) is 12.5. The molecule has 1 atom stereocenters. The number of anilines is 1. The third kappa shape index (κ3) is 2.86. The molecule has 122 valence electrons. The Hall–Kier alpha value is -3.15. The number of carboxylic acid groups (broad SMARTS) is 1. The van der Waals surface area contributed by atoms with Gasteiger partial charge in [0.2, 0.25) is 0 Å². The Morgan fingerprint density at radius 2 is 1.79 bits per heavy atom. The number of ether oxygens (including phenoxy) is 1. The van der Waals surface area contributed by atoms with E-state index in [1.165, 1.54) is 24.3 Å². The summed E-state index contributed by atoms with van der Waals surface area (Å²) in [7, 11) is 0. The second-order valence-corrected chi connectivity index (χ2v) is 5.77. The quantitative estimate of drug-likeness (QED) is 0.855. The molecule has 0 aliphatic carbocycles. The Morgan fingerprint density at radius 1 is 1.12 bits per heavy atom. The van der Waals surface area contributed by atoms with Crippen LogP contribution in [0.15, 0.2) is 48.5 Å². The molecule has 0 aromatic heterocycles. The third-order valence-corrected chi connectivity index (χ3v) is 3.94. The van der Waals surface area contributed by atoms with Crippen LogP contribution < -0.4 is 10.4 Å². The van der Waals surface area contributed by atoms with Crippen molar-refractivity contribution in [3.05, 3.63) is 65.2 Å². The van der Waals surface area contributed by atoms with Gasteiger partial charge in [0, 0.05) is 12.1 Å². The minimum Gasteiger partial charge on any atom is -0.545 e. The molecule has 0 bridgehead atoms. The average Bonchev–Trinajstić information content (AvgIpc) is 2.55. The maximum Gasteiger partial charge on any atom is 0.339 e. The highest BCUT2D eigenvalue weighted by Gasteiger charge is 2.42. The average molecular weight is 324 g/mol. The van der Waals surface area contributed by atoms with Crippen molar-refractivity contribution >= 4 is 23.5 Å². The van der Waals surface area contributed by atoms with Gasteiger partial charge in [-0.15, -0.1) is 0 Å². The van der Waals surface area contributed by atoms with E-state index in [0.29, 0.717) is 11.3 Å². The summed E-state index contributed by atoms with van der Waals surface area (Å²) in [5.74, 6) is -2.31. The molecule has 0 spiro atoms. The minimum absolute atomic E-state index is 0.0113. The number of benzene rings is 2. The van der Waals surface area contributed by atoms with Crippen molar-refractivity contribution in [1.29, 1.82) is 0 Å². The number of nitrogens with one attached hydrogen (secondary N) is 1. The summed E-state index contributed by atoms with van der Waals surface area (Å²) in [5, 5.41) is 13.4. The van der Waals surface area contributed by atoms with Gasteiger partial charge in [0.05, 0.1) is 11.5 Å². The van der Waals surface area contributed by atoms with Gasteiger partial charge in [-0.2, -0.15) is 0 Å². The van der Waals surface area contributed by atoms with Gasteiger partial charge >= 0.3 is 5.97 Å². The van der Waals surface area contributed by atoms with Crippen LogP contribution in [-0.4, -0.2) is 23.4 Å². The molecule has 24 heavy (non-hydrogen) atoms.